The number of nitrogens with one attached hydrogen (secondary N) is 1. The Morgan fingerprint density at radius 3 is 2.70 bits per heavy atom. The van der Waals surface area contributed by atoms with Gasteiger partial charge in [-0.15, -0.1) is 0 Å². The molecule has 0 unspecified atom stereocenters. The van der Waals surface area contributed by atoms with Gasteiger partial charge >= 0.3 is 0 Å². The fourth-order valence-corrected chi connectivity index (χ4v) is 2.64. The number of anilines is 1. The number of rotatable bonds is 4. The monoisotopic (exact) mass is 272 g/mol. The highest BCUT2D eigenvalue weighted by atomic mass is 16.5. The van der Waals surface area contributed by atoms with E-state index in [2.05, 4.69) is 31.9 Å². The molecule has 0 saturated carbocycles. The maximum absolute atomic E-state index is 5.44. The van der Waals surface area contributed by atoms with Gasteiger partial charge in [0.05, 0.1) is 24.8 Å². The molecule has 1 N–H and O–H groups in total. The van der Waals surface area contributed by atoms with Crippen molar-refractivity contribution in [2.75, 3.05) is 38.2 Å². The van der Waals surface area contributed by atoms with Crippen molar-refractivity contribution in [1.82, 2.24) is 14.9 Å². The number of methoxy groups -OCH3 is 1. The summed E-state index contributed by atoms with van der Waals surface area (Å²) >= 11 is 0. The number of benzene rings is 1. The van der Waals surface area contributed by atoms with Crippen LogP contribution in [0.2, 0.25) is 0 Å². The second-order valence-corrected chi connectivity index (χ2v) is 5.00. The third-order valence-electron chi connectivity index (χ3n) is 3.74. The molecular formula is C15H20N4O. The third kappa shape index (κ3) is 2.77. The van der Waals surface area contributed by atoms with Crippen LogP contribution >= 0.6 is 0 Å². The number of H-pyrrole nitrogens is 1. The van der Waals surface area contributed by atoms with Gasteiger partial charge in [-0.05, 0) is 12.1 Å². The quantitative estimate of drug-likeness (QED) is 0.921. The summed E-state index contributed by atoms with van der Waals surface area (Å²) in [6.45, 7) is 5.05. The lowest BCUT2D eigenvalue weighted by Crippen LogP contribution is -2.46. The molecule has 5 nitrogen and oxygen atoms in total. The van der Waals surface area contributed by atoms with Gasteiger partial charge in [-0.25, -0.2) is 4.98 Å². The molecule has 5 heteroatoms. The second kappa shape index (κ2) is 5.96. The van der Waals surface area contributed by atoms with Gasteiger partial charge < -0.3 is 14.6 Å². The summed E-state index contributed by atoms with van der Waals surface area (Å²) in [7, 11) is 1.73. The Bertz CT molecular complexity index is 533. The van der Waals surface area contributed by atoms with Crippen molar-refractivity contribution >= 4 is 5.69 Å². The molecule has 1 saturated heterocycles. The van der Waals surface area contributed by atoms with E-state index in [4.69, 9.17) is 4.74 Å². The van der Waals surface area contributed by atoms with Crippen LogP contribution < -0.4 is 9.64 Å². The van der Waals surface area contributed by atoms with Crippen LogP contribution in [0, 0.1) is 0 Å². The van der Waals surface area contributed by atoms with E-state index in [1.54, 1.807) is 13.4 Å². The summed E-state index contributed by atoms with van der Waals surface area (Å²) in [4.78, 5) is 12.1. The molecule has 0 amide bonds. The van der Waals surface area contributed by atoms with Crippen LogP contribution in [0.1, 0.15) is 5.69 Å². The predicted molar refractivity (Wildman–Crippen MR) is 79.1 cm³/mol. The van der Waals surface area contributed by atoms with Crippen LogP contribution in [-0.4, -0.2) is 48.2 Å². The van der Waals surface area contributed by atoms with E-state index in [1.165, 1.54) is 5.69 Å². The van der Waals surface area contributed by atoms with Gasteiger partial charge in [0.1, 0.15) is 5.75 Å². The van der Waals surface area contributed by atoms with Crippen molar-refractivity contribution in [3.05, 3.63) is 42.5 Å². The Morgan fingerprint density at radius 2 is 2.00 bits per heavy atom. The molecular weight excluding hydrogens is 252 g/mol. The Kier molecular flexibility index (Phi) is 3.87. The van der Waals surface area contributed by atoms with Crippen molar-refractivity contribution in [2.24, 2.45) is 0 Å². The summed E-state index contributed by atoms with van der Waals surface area (Å²) < 4.78 is 5.44. The largest absolute Gasteiger partial charge is 0.495 e. The molecule has 20 heavy (non-hydrogen) atoms. The number of ether oxygens (including phenoxy) is 1. The normalized spacial score (nSPS) is 16.4. The molecule has 2 heterocycles. The van der Waals surface area contributed by atoms with Gasteiger partial charge in [-0.1, -0.05) is 12.1 Å². The minimum Gasteiger partial charge on any atom is -0.495 e. The number of piperazine rings is 1. The minimum atomic E-state index is 0.920. The van der Waals surface area contributed by atoms with Gasteiger partial charge in [-0.2, -0.15) is 0 Å². The van der Waals surface area contributed by atoms with E-state index in [-0.39, 0.29) is 0 Å². The smallest absolute Gasteiger partial charge is 0.142 e. The zero-order valence-corrected chi connectivity index (χ0v) is 11.7. The lowest BCUT2D eigenvalue weighted by atomic mass is 10.2. The molecule has 0 atom stereocenters. The summed E-state index contributed by atoms with van der Waals surface area (Å²) in [6, 6.07) is 8.22. The van der Waals surface area contributed by atoms with E-state index in [0.29, 0.717) is 0 Å². The first-order valence-corrected chi connectivity index (χ1v) is 6.95. The van der Waals surface area contributed by atoms with E-state index in [0.717, 1.165) is 44.2 Å². The Balaban J connectivity index is 1.60. The Labute approximate surface area is 119 Å². The average Bonchev–Trinajstić information content (AvgIpc) is 3.01. The van der Waals surface area contributed by atoms with Crippen molar-refractivity contribution in [1.29, 1.82) is 0 Å². The molecule has 1 fully saturated rings. The fraction of sp³-hybridized carbons (Fsp3) is 0.400. The second-order valence-electron chi connectivity index (χ2n) is 5.00. The zero-order chi connectivity index (χ0) is 13.8. The molecule has 0 bridgehead atoms. The summed E-state index contributed by atoms with van der Waals surface area (Å²) in [6.07, 6.45) is 3.70. The van der Waals surface area contributed by atoms with Crippen LogP contribution in [0.25, 0.3) is 0 Å². The Hall–Kier alpha value is -2.01. The fourth-order valence-electron chi connectivity index (χ4n) is 2.64. The van der Waals surface area contributed by atoms with Gasteiger partial charge in [0.15, 0.2) is 0 Å². The lowest BCUT2D eigenvalue weighted by molar-refractivity contribution is 0.246. The molecule has 1 aliphatic heterocycles. The van der Waals surface area contributed by atoms with E-state index in [1.807, 2.05) is 18.3 Å². The van der Waals surface area contributed by atoms with Gasteiger partial charge in [-0.3, -0.25) is 4.90 Å². The minimum absolute atomic E-state index is 0.920. The highest BCUT2D eigenvalue weighted by Gasteiger charge is 2.19. The molecule has 106 valence electrons. The third-order valence-corrected chi connectivity index (χ3v) is 3.74. The number of para-hydroxylation sites is 2. The standard InChI is InChI=1S/C15H20N4O/c1-20-15-5-3-2-4-14(15)19-8-6-18(7-9-19)11-13-10-16-12-17-13/h2-5,10,12H,6-9,11H2,1H3,(H,16,17). The predicted octanol–water partition coefficient (Wildman–Crippen LogP) is 1.74. The zero-order valence-electron chi connectivity index (χ0n) is 11.7. The molecule has 2 aromatic rings. The van der Waals surface area contributed by atoms with Crippen LogP contribution in [0.15, 0.2) is 36.8 Å². The molecule has 0 spiro atoms. The van der Waals surface area contributed by atoms with Crippen LogP contribution in [0.3, 0.4) is 0 Å². The van der Waals surface area contributed by atoms with Crippen molar-refractivity contribution < 1.29 is 4.74 Å². The number of hydrogen-bond acceptors (Lipinski definition) is 4. The van der Waals surface area contributed by atoms with E-state index >= 15 is 0 Å². The number of aromatic nitrogens is 2. The number of nitrogens with zero attached hydrogens (tertiary/aromatic N) is 3. The molecule has 1 aromatic carbocycles. The van der Waals surface area contributed by atoms with Gasteiger partial charge in [0, 0.05) is 38.9 Å². The SMILES string of the molecule is COc1ccccc1N1CCN(Cc2c[nH]cn2)CC1. The van der Waals surface area contributed by atoms with E-state index < -0.39 is 0 Å². The highest BCUT2D eigenvalue weighted by molar-refractivity contribution is 5.58. The molecule has 1 aromatic heterocycles. The summed E-state index contributed by atoms with van der Waals surface area (Å²) in [5.41, 5.74) is 2.30. The maximum atomic E-state index is 5.44. The van der Waals surface area contributed by atoms with E-state index in [9.17, 15) is 0 Å². The first-order chi connectivity index (χ1) is 9.86. The van der Waals surface area contributed by atoms with Crippen molar-refractivity contribution in [3.8, 4) is 5.75 Å². The summed E-state index contributed by atoms with van der Waals surface area (Å²) in [5.74, 6) is 0.952. The molecule has 1 aliphatic rings. The average molecular weight is 272 g/mol. The van der Waals surface area contributed by atoms with Gasteiger partial charge in [0.25, 0.3) is 0 Å². The van der Waals surface area contributed by atoms with Crippen molar-refractivity contribution in [3.63, 3.8) is 0 Å². The van der Waals surface area contributed by atoms with Crippen LogP contribution in [-0.2, 0) is 6.54 Å². The van der Waals surface area contributed by atoms with Crippen LogP contribution in [0.5, 0.6) is 5.75 Å². The maximum Gasteiger partial charge on any atom is 0.142 e. The Morgan fingerprint density at radius 1 is 1.20 bits per heavy atom. The molecule has 0 aliphatic carbocycles. The first kappa shape index (κ1) is 13.0. The molecule has 0 radical (unpaired) electrons. The highest BCUT2D eigenvalue weighted by Crippen LogP contribution is 2.28. The first-order valence-electron chi connectivity index (χ1n) is 6.95. The van der Waals surface area contributed by atoms with Crippen molar-refractivity contribution in [2.45, 2.75) is 6.54 Å². The lowest BCUT2D eigenvalue weighted by Gasteiger charge is -2.36. The van der Waals surface area contributed by atoms with Crippen LogP contribution in [0.4, 0.5) is 5.69 Å². The molecule has 3 rings (SSSR count). The topological polar surface area (TPSA) is 44.4 Å². The number of aromatic amines is 1. The summed E-state index contributed by atoms with van der Waals surface area (Å²) in [5, 5.41) is 0. The van der Waals surface area contributed by atoms with Gasteiger partial charge in [0.2, 0.25) is 0 Å². The number of hydrogen-bond donors (Lipinski definition) is 1. The number of imidazole rings is 1.